The number of hydrogen-bond donors (Lipinski definition) is 1. The van der Waals surface area contributed by atoms with E-state index in [1.165, 1.54) is 11.3 Å². The summed E-state index contributed by atoms with van der Waals surface area (Å²) in [5, 5.41) is 0. The Balaban J connectivity index is 0.00000220. The van der Waals surface area contributed by atoms with E-state index in [1.807, 2.05) is 19.2 Å². The summed E-state index contributed by atoms with van der Waals surface area (Å²) in [6, 6.07) is 4.28. The fraction of sp³-hybridized carbons (Fsp3) is 0.643. The van der Waals surface area contributed by atoms with Crippen LogP contribution in [0.25, 0.3) is 0 Å². The SMILES string of the molecule is CC1CC(CN)CN1CC(=O)N(C)Cc1ccc(Cl)s1.Cl. The highest BCUT2D eigenvalue weighted by molar-refractivity contribution is 7.16. The number of likely N-dealkylation sites (N-methyl/N-ethyl adjacent to an activating group) is 1. The number of carbonyl (C=O) groups is 1. The monoisotopic (exact) mass is 351 g/mol. The van der Waals surface area contributed by atoms with Crippen LogP contribution in [-0.2, 0) is 11.3 Å². The molecule has 0 aromatic carbocycles. The van der Waals surface area contributed by atoms with Crippen molar-refractivity contribution in [3.05, 3.63) is 21.3 Å². The van der Waals surface area contributed by atoms with Gasteiger partial charge in [-0.2, -0.15) is 0 Å². The number of likely N-dealkylation sites (tertiary alicyclic amines) is 1. The van der Waals surface area contributed by atoms with E-state index in [0.717, 1.165) is 22.2 Å². The van der Waals surface area contributed by atoms with Crippen molar-refractivity contribution in [2.75, 3.05) is 26.7 Å². The number of halogens is 2. The molecule has 0 saturated carbocycles. The maximum Gasteiger partial charge on any atom is 0.236 e. The average Bonchev–Trinajstić information content (AvgIpc) is 2.96. The third-order valence-electron chi connectivity index (χ3n) is 3.91. The molecule has 0 radical (unpaired) electrons. The molecule has 1 aliphatic rings. The Labute approximate surface area is 141 Å². The Morgan fingerprint density at radius 2 is 2.29 bits per heavy atom. The van der Waals surface area contributed by atoms with E-state index in [4.69, 9.17) is 17.3 Å². The second-order valence-electron chi connectivity index (χ2n) is 5.57. The first kappa shape index (κ1) is 18.7. The van der Waals surface area contributed by atoms with Gasteiger partial charge >= 0.3 is 0 Å². The second-order valence-corrected chi connectivity index (χ2v) is 7.37. The molecule has 1 fully saturated rings. The van der Waals surface area contributed by atoms with Gasteiger partial charge < -0.3 is 10.6 Å². The van der Waals surface area contributed by atoms with E-state index >= 15 is 0 Å². The molecular formula is C14H23Cl2N3OS. The standard InChI is InChI=1S/C14H22ClN3OS.ClH/c1-10-5-11(6-16)7-18(10)9-14(19)17(2)8-12-3-4-13(15)20-12;/h3-4,10-11H,5-9,16H2,1-2H3;1H. The number of nitrogens with two attached hydrogens (primary N) is 1. The summed E-state index contributed by atoms with van der Waals surface area (Å²) in [7, 11) is 1.84. The minimum absolute atomic E-state index is 0. The van der Waals surface area contributed by atoms with Crippen molar-refractivity contribution in [2.24, 2.45) is 11.7 Å². The molecule has 2 atom stereocenters. The largest absolute Gasteiger partial charge is 0.340 e. The minimum Gasteiger partial charge on any atom is -0.340 e. The third-order valence-corrected chi connectivity index (χ3v) is 5.13. The van der Waals surface area contributed by atoms with Crippen LogP contribution in [0.4, 0.5) is 0 Å². The topological polar surface area (TPSA) is 49.6 Å². The van der Waals surface area contributed by atoms with E-state index in [1.54, 1.807) is 4.90 Å². The third kappa shape index (κ3) is 5.11. The molecule has 1 saturated heterocycles. The van der Waals surface area contributed by atoms with Gasteiger partial charge in [0, 0.05) is 24.5 Å². The van der Waals surface area contributed by atoms with Crippen LogP contribution in [0.15, 0.2) is 12.1 Å². The predicted octanol–water partition coefficient (Wildman–Crippen LogP) is 2.45. The van der Waals surface area contributed by atoms with Crippen LogP contribution in [0.3, 0.4) is 0 Å². The van der Waals surface area contributed by atoms with Crippen molar-refractivity contribution in [3.8, 4) is 0 Å². The van der Waals surface area contributed by atoms with Crippen LogP contribution in [-0.4, -0.2) is 48.4 Å². The van der Waals surface area contributed by atoms with Crippen molar-refractivity contribution in [2.45, 2.75) is 25.9 Å². The lowest BCUT2D eigenvalue weighted by Gasteiger charge is -2.24. The number of nitrogens with zero attached hydrogens (tertiary/aromatic N) is 2. The van der Waals surface area contributed by atoms with E-state index in [9.17, 15) is 4.79 Å². The van der Waals surface area contributed by atoms with Gasteiger partial charge in [-0.05, 0) is 37.9 Å². The minimum atomic E-state index is 0. The maximum absolute atomic E-state index is 12.3. The normalized spacial score (nSPS) is 22.1. The number of rotatable bonds is 5. The van der Waals surface area contributed by atoms with Crippen LogP contribution >= 0.6 is 35.3 Å². The van der Waals surface area contributed by atoms with Crippen LogP contribution in [0.5, 0.6) is 0 Å². The molecule has 0 spiro atoms. The Kier molecular flexibility index (Phi) is 7.44. The molecule has 2 unspecified atom stereocenters. The molecular weight excluding hydrogens is 329 g/mol. The van der Waals surface area contributed by atoms with Gasteiger partial charge in [-0.15, -0.1) is 23.7 Å². The van der Waals surface area contributed by atoms with E-state index in [0.29, 0.717) is 31.6 Å². The van der Waals surface area contributed by atoms with Crippen molar-refractivity contribution >= 4 is 41.3 Å². The number of carbonyl (C=O) groups excluding carboxylic acids is 1. The van der Waals surface area contributed by atoms with E-state index in [2.05, 4.69) is 11.8 Å². The van der Waals surface area contributed by atoms with Crippen LogP contribution in [0.1, 0.15) is 18.2 Å². The van der Waals surface area contributed by atoms with Crippen molar-refractivity contribution in [1.82, 2.24) is 9.80 Å². The molecule has 2 N–H and O–H groups in total. The summed E-state index contributed by atoms with van der Waals surface area (Å²) in [6.45, 7) is 4.91. The molecule has 2 rings (SSSR count). The highest BCUT2D eigenvalue weighted by Crippen LogP contribution is 2.24. The smallest absolute Gasteiger partial charge is 0.236 e. The van der Waals surface area contributed by atoms with Crippen molar-refractivity contribution < 1.29 is 4.79 Å². The molecule has 2 heterocycles. The summed E-state index contributed by atoms with van der Waals surface area (Å²) in [4.78, 5) is 17.4. The van der Waals surface area contributed by atoms with Gasteiger partial charge in [0.2, 0.25) is 5.91 Å². The van der Waals surface area contributed by atoms with Crippen LogP contribution in [0, 0.1) is 5.92 Å². The number of hydrogen-bond acceptors (Lipinski definition) is 4. The summed E-state index contributed by atoms with van der Waals surface area (Å²) in [6.07, 6.45) is 1.09. The molecule has 1 amide bonds. The molecule has 0 aliphatic carbocycles. The highest BCUT2D eigenvalue weighted by Gasteiger charge is 2.29. The van der Waals surface area contributed by atoms with Crippen LogP contribution in [0.2, 0.25) is 4.34 Å². The first-order valence-electron chi connectivity index (χ1n) is 6.92. The number of amides is 1. The Bertz CT molecular complexity index is 469. The van der Waals surface area contributed by atoms with E-state index in [-0.39, 0.29) is 18.3 Å². The number of thiophene rings is 1. The molecule has 1 aromatic heterocycles. The summed E-state index contributed by atoms with van der Waals surface area (Å²) < 4.78 is 0.764. The lowest BCUT2D eigenvalue weighted by atomic mass is 10.1. The van der Waals surface area contributed by atoms with Gasteiger partial charge in [-0.3, -0.25) is 9.69 Å². The molecule has 0 bridgehead atoms. The molecule has 21 heavy (non-hydrogen) atoms. The fourth-order valence-electron chi connectivity index (χ4n) is 2.66. The zero-order valence-corrected chi connectivity index (χ0v) is 14.8. The zero-order chi connectivity index (χ0) is 14.7. The van der Waals surface area contributed by atoms with Gasteiger partial charge in [0.1, 0.15) is 0 Å². The van der Waals surface area contributed by atoms with Crippen molar-refractivity contribution in [1.29, 1.82) is 0 Å². The summed E-state index contributed by atoms with van der Waals surface area (Å²) in [5.41, 5.74) is 5.72. The van der Waals surface area contributed by atoms with E-state index < -0.39 is 0 Å². The highest BCUT2D eigenvalue weighted by atomic mass is 35.5. The molecule has 4 nitrogen and oxygen atoms in total. The maximum atomic E-state index is 12.3. The summed E-state index contributed by atoms with van der Waals surface area (Å²) >= 11 is 7.43. The second kappa shape index (κ2) is 8.34. The van der Waals surface area contributed by atoms with Gasteiger partial charge in [0.25, 0.3) is 0 Å². The molecule has 1 aromatic rings. The Hall–Kier alpha value is -0.330. The van der Waals surface area contributed by atoms with Gasteiger partial charge in [-0.25, -0.2) is 0 Å². The van der Waals surface area contributed by atoms with Crippen molar-refractivity contribution in [3.63, 3.8) is 0 Å². The molecule has 7 heteroatoms. The van der Waals surface area contributed by atoms with Gasteiger partial charge in [0.05, 0.1) is 17.4 Å². The quantitative estimate of drug-likeness (QED) is 0.886. The zero-order valence-electron chi connectivity index (χ0n) is 12.4. The lowest BCUT2D eigenvalue weighted by Crippen LogP contribution is -2.39. The molecule has 120 valence electrons. The van der Waals surface area contributed by atoms with Gasteiger partial charge in [-0.1, -0.05) is 11.6 Å². The predicted molar refractivity (Wildman–Crippen MR) is 91.2 cm³/mol. The summed E-state index contributed by atoms with van der Waals surface area (Å²) in [5.74, 6) is 0.679. The first-order chi connectivity index (χ1) is 9.49. The average molecular weight is 352 g/mol. The Morgan fingerprint density at radius 1 is 1.57 bits per heavy atom. The molecule has 1 aliphatic heterocycles. The Morgan fingerprint density at radius 3 is 2.81 bits per heavy atom. The first-order valence-corrected chi connectivity index (χ1v) is 8.11. The lowest BCUT2D eigenvalue weighted by molar-refractivity contribution is -0.131. The van der Waals surface area contributed by atoms with Crippen LogP contribution < -0.4 is 5.73 Å². The fourth-order valence-corrected chi connectivity index (χ4v) is 3.80. The van der Waals surface area contributed by atoms with Gasteiger partial charge in [0.15, 0.2) is 0 Å².